The Bertz CT molecular complexity index is 6430. The summed E-state index contributed by atoms with van der Waals surface area (Å²) in [5.74, 6) is 0. The summed E-state index contributed by atoms with van der Waals surface area (Å²) in [7, 11) is 0. The minimum atomic E-state index is 1.09. The monoisotopic (exact) mass is 1350 g/mol. The zero-order chi connectivity index (χ0) is 67.2. The lowest BCUT2D eigenvalue weighted by Crippen LogP contribution is -2.10. The Balaban J connectivity index is 0.000000120. The molecule has 0 saturated heterocycles. The molecule has 0 radical (unpaired) electrons. The van der Waals surface area contributed by atoms with E-state index in [9.17, 15) is 0 Å². The van der Waals surface area contributed by atoms with Crippen LogP contribution in [0.4, 0.5) is 28.4 Å². The van der Waals surface area contributed by atoms with Crippen LogP contribution in [0.15, 0.2) is 393 Å². The van der Waals surface area contributed by atoms with Gasteiger partial charge in [-0.05, 0) is 196 Å². The van der Waals surface area contributed by atoms with Gasteiger partial charge in [0, 0.05) is 65.8 Å². The van der Waals surface area contributed by atoms with Crippen molar-refractivity contribution < 1.29 is 0 Å². The van der Waals surface area contributed by atoms with Gasteiger partial charge in [-0.1, -0.05) is 295 Å². The Labute approximate surface area is 594 Å². The molecule has 0 aliphatic heterocycles. The van der Waals surface area contributed by atoms with E-state index in [1.54, 1.807) is 0 Å². The molecular weight excluding hydrogens is 1290 g/mol. The number of benzene rings is 18. The van der Waals surface area contributed by atoms with Crippen LogP contribution in [0.5, 0.6) is 0 Å². The average molecular weight is 1350 g/mol. The summed E-state index contributed by atoms with van der Waals surface area (Å²) in [4.78, 5) is 2.39. The number of nitrogens with zero attached hydrogens (tertiary/aromatic N) is 3. The van der Waals surface area contributed by atoms with Crippen molar-refractivity contribution in [3.05, 3.63) is 393 Å². The van der Waals surface area contributed by atoms with Crippen molar-refractivity contribution in [1.82, 2.24) is 9.13 Å². The molecular formula is C96H65BrN4. The second kappa shape index (κ2) is 26.2. The van der Waals surface area contributed by atoms with Crippen LogP contribution in [0.3, 0.4) is 0 Å². The van der Waals surface area contributed by atoms with E-state index in [1.807, 2.05) is 18.2 Å². The third-order valence-electron chi connectivity index (χ3n) is 19.8. The van der Waals surface area contributed by atoms with Gasteiger partial charge in [0.2, 0.25) is 0 Å². The predicted molar refractivity (Wildman–Crippen MR) is 436 cm³/mol. The van der Waals surface area contributed by atoms with Gasteiger partial charge in [-0.15, -0.1) is 0 Å². The minimum absolute atomic E-state index is 1.09. The molecule has 0 aliphatic rings. The molecule has 4 nitrogen and oxygen atoms in total. The van der Waals surface area contributed by atoms with Crippen molar-refractivity contribution in [2.45, 2.75) is 0 Å². The lowest BCUT2D eigenvalue weighted by atomic mass is 9.94. The second-order valence-electron chi connectivity index (χ2n) is 25.7. The fraction of sp³-hybridized carbons (Fsp3) is 0. The number of hydrogen-bond donors (Lipinski definition) is 1. The molecule has 0 saturated carbocycles. The highest BCUT2D eigenvalue weighted by atomic mass is 79.9. The third kappa shape index (κ3) is 11.3. The van der Waals surface area contributed by atoms with E-state index in [1.165, 1.54) is 136 Å². The summed E-state index contributed by atoms with van der Waals surface area (Å²) in [6.07, 6.45) is 0. The van der Waals surface area contributed by atoms with E-state index in [0.717, 1.165) is 38.6 Å². The molecule has 0 amide bonds. The number of anilines is 5. The van der Waals surface area contributed by atoms with Gasteiger partial charge in [0.15, 0.2) is 0 Å². The highest BCUT2D eigenvalue weighted by Crippen LogP contribution is 2.44. The first-order valence-corrected chi connectivity index (χ1v) is 35.2. The lowest BCUT2D eigenvalue weighted by molar-refractivity contribution is 1.18. The number of halogens is 1. The molecule has 0 bridgehead atoms. The normalized spacial score (nSPS) is 11.4. The fourth-order valence-corrected chi connectivity index (χ4v) is 15.6. The molecule has 2 aromatic heterocycles. The predicted octanol–water partition coefficient (Wildman–Crippen LogP) is 27.5. The molecule has 0 fully saturated rings. The third-order valence-corrected chi connectivity index (χ3v) is 20.3. The topological polar surface area (TPSA) is 25.1 Å². The lowest BCUT2D eigenvalue weighted by Gasteiger charge is -2.26. The molecule has 20 aromatic rings. The van der Waals surface area contributed by atoms with Crippen molar-refractivity contribution in [2.24, 2.45) is 0 Å². The van der Waals surface area contributed by atoms with Crippen LogP contribution in [0, 0.1) is 0 Å². The van der Waals surface area contributed by atoms with Crippen LogP contribution in [0.1, 0.15) is 0 Å². The van der Waals surface area contributed by atoms with Gasteiger partial charge in [-0.3, -0.25) is 0 Å². The van der Waals surface area contributed by atoms with Gasteiger partial charge < -0.3 is 19.4 Å². The van der Waals surface area contributed by atoms with Crippen LogP contribution in [0.2, 0.25) is 0 Å². The number of rotatable bonds is 9. The van der Waals surface area contributed by atoms with Crippen molar-refractivity contribution in [2.75, 3.05) is 10.2 Å². The van der Waals surface area contributed by atoms with Gasteiger partial charge in [-0.2, -0.15) is 0 Å². The summed E-state index contributed by atoms with van der Waals surface area (Å²) < 4.78 is 5.86. The summed E-state index contributed by atoms with van der Waals surface area (Å²) in [6.45, 7) is 0. The zero-order valence-corrected chi connectivity index (χ0v) is 56.8. The summed E-state index contributed by atoms with van der Waals surface area (Å²) in [5, 5.41) is 24.0. The minimum Gasteiger partial charge on any atom is -0.356 e. The number of hydrogen-bond acceptors (Lipinski definition) is 2. The Morgan fingerprint density at radius 2 is 0.535 bits per heavy atom. The Morgan fingerprint density at radius 1 is 0.198 bits per heavy atom. The van der Waals surface area contributed by atoms with Crippen LogP contribution >= 0.6 is 15.9 Å². The Hall–Kier alpha value is -12.8. The van der Waals surface area contributed by atoms with Crippen LogP contribution in [-0.2, 0) is 0 Å². The van der Waals surface area contributed by atoms with Gasteiger partial charge in [0.05, 0.1) is 22.1 Å². The fourth-order valence-electron chi connectivity index (χ4n) is 15.2. The molecule has 476 valence electrons. The quantitative estimate of drug-likeness (QED) is 0.146. The highest BCUT2D eigenvalue weighted by molar-refractivity contribution is 9.10. The smallest absolute Gasteiger partial charge is 0.0561 e. The molecule has 0 unspecified atom stereocenters. The second-order valence-corrected chi connectivity index (χ2v) is 26.7. The number of nitrogens with one attached hydrogen (secondary N) is 1. The molecule has 0 spiro atoms. The van der Waals surface area contributed by atoms with Gasteiger partial charge in [0.1, 0.15) is 0 Å². The van der Waals surface area contributed by atoms with Crippen molar-refractivity contribution >= 4 is 153 Å². The van der Waals surface area contributed by atoms with E-state index >= 15 is 0 Å². The van der Waals surface area contributed by atoms with Crippen molar-refractivity contribution in [3.8, 4) is 33.6 Å². The van der Waals surface area contributed by atoms with E-state index in [0.29, 0.717) is 0 Å². The van der Waals surface area contributed by atoms with Gasteiger partial charge in [-0.25, -0.2) is 0 Å². The Morgan fingerprint density at radius 3 is 1.02 bits per heavy atom. The van der Waals surface area contributed by atoms with E-state index in [2.05, 4.69) is 405 Å². The maximum atomic E-state index is 3.63. The molecule has 0 atom stereocenters. The molecule has 18 aromatic carbocycles. The number of para-hydroxylation sites is 4. The van der Waals surface area contributed by atoms with E-state index in [4.69, 9.17) is 0 Å². The molecule has 5 heteroatoms. The summed E-state index contributed by atoms with van der Waals surface area (Å²) in [6, 6.07) is 139. The van der Waals surface area contributed by atoms with Crippen molar-refractivity contribution in [1.29, 1.82) is 0 Å². The maximum absolute atomic E-state index is 3.63. The summed E-state index contributed by atoms with van der Waals surface area (Å²) >= 11 is 3.63. The van der Waals surface area contributed by atoms with Gasteiger partial charge >= 0.3 is 0 Å². The molecule has 101 heavy (non-hydrogen) atoms. The van der Waals surface area contributed by atoms with E-state index in [-0.39, 0.29) is 0 Å². The SMILES string of the molecule is Brc1ccc2c3ccccc3n(-c3cccc(-c4ccccc4)c3)c2c1.c1ccc(-c2cccc(-n3c4ccccc4c4ccc(N(c5ccccc5)c5ccc6c7ccccc7c7ccccc7c6c5)cc43)c2)cc1.c1ccc(Nc2ccc3c4ccccc4c4ccccc4c3c2)cc1. The largest absolute Gasteiger partial charge is 0.356 e. The Kier molecular flexibility index (Phi) is 15.7. The van der Waals surface area contributed by atoms with Crippen LogP contribution in [0.25, 0.3) is 142 Å². The highest BCUT2D eigenvalue weighted by Gasteiger charge is 2.21. The molecule has 20 rings (SSSR count). The zero-order valence-electron chi connectivity index (χ0n) is 55.2. The summed E-state index contributed by atoms with van der Waals surface area (Å²) in [5.41, 5.74) is 17.6. The molecule has 0 aliphatic carbocycles. The first-order chi connectivity index (χ1) is 50.0. The first kappa shape index (κ1) is 60.6. The van der Waals surface area contributed by atoms with Crippen molar-refractivity contribution in [3.63, 3.8) is 0 Å². The molecule has 2 heterocycles. The molecule has 1 N–H and O–H groups in total. The first-order valence-electron chi connectivity index (χ1n) is 34.4. The van der Waals surface area contributed by atoms with E-state index < -0.39 is 0 Å². The van der Waals surface area contributed by atoms with Crippen LogP contribution < -0.4 is 10.2 Å². The number of aromatic nitrogens is 2. The van der Waals surface area contributed by atoms with Gasteiger partial charge in [0.25, 0.3) is 0 Å². The standard InChI is InChI=1S/C48H32N2.C24H16BrN.C24H17N/c1-3-14-33(15-4-1)34-16-13-19-36(30-34)50-47-25-12-11-24-44(47)45-29-27-38(32-48(45)50)49(35-17-5-2-6-18-35)37-26-28-43-41-22-8-7-20-39(41)40-21-9-10-23-42(40)46(43)31-37;25-19-13-14-22-21-11-4-5-12-23(21)26(24(22)16-19)20-10-6-9-18(15-20)17-7-2-1-3-8-17;1-2-8-17(9-3-1)25-18-14-15-23-21-12-5-4-10-19(21)20-11-6-7-13-22(20)24(23)16-18/h1-32H;1-16H;1-16,25H. The number of fused-ring (bicyclic) bond motifs is 18. The maximum Gasteiger partial charge on any atom is 0.0561 e. The van der Waals surface area contributed by atoms with Crippen LogP contribution in [-0.4, -0.2) is 9.13 Å². The average Bonchev–Trinajstić information content (AvgIpc) is 1.74.